The summed E-state index contributed by atoms with van der Waals surface area (Å²) in [4.78, 5) is 11.6. The fraction of sp³-hybridized carbons (Fsp3) is 0.909. The summed E-state index contributed by atoms with van der Waals surface area (Å²) in [5.74, 6) is 0.731. The molecule has 0 aromatic rings. The van der Waals surface area contributed by atoms with Crippen LogP contribution < -0.4 is 5.32 Å². The quantitative estimate of drug-likeness (QED) is 0.652. The van der Waals surface area contributed by atoms with E-state index < -0.39 is 0 Å². The van der Waals surface area contributed by atoms with Gasteiger partial charge in [0.15, 0.2) is 0 Å². The second-order valence-electron chi connectivity index (χ2n) is 5.18. The molecule has 1 rings (SSSR count). The Morgan fingerprint density at radius 2 is 1.75 bits per heavy atom. The number of hydrogen-bond acceptors (Lipinski definition) is 3. The second kappa shape index (κ2) is 7.31. The number of nitrogens with zero attached hydrogens (tertiary/aromatic N) is 1. The molecule has 0 saturated carbocycles. The molecule has 1 aliphatic rings. The van der Waals surface area contributed by atoms with Gasteiger partial charge in [-0.15, -0.1) is 0 Å². The number of nitrogens with one attached hydrogen (secondary N) is 1. The van der Waals surface area contributed by atoms with Crippen LogP contribution >= 0.6 is 0 Å². The monoisotopic (exact) mass is 441 g/mol. The first-order valence-corrected chi connectivity index (χ1v) is 5.69. The molecule has 2 atom stereocenters. The van der Waals surface area contributed by atoms with Gasteiger partial charge in [-0.25, -0.2) is 5.06 Å². The van der Waals surface area contributed by atoms with Crippen molar-refractivity contribution < 1.29 is 54.1 Å². The SMILES string of the molecule is CC(C)C[C@@H]1N[C@@H](CC(C)C)N(O)C1=O.[Ac]. The maximum Gasteiger partial charge on any atom is 0.264 e. The maximum atomic E-state index is 11.6. The van der Waals surface area contributed by atoms with E-state index in [1.165, 1.54) is 0 Å². The second-order valence-corrected chi connectivity index (χ2v) is 5.18. The van der Waals surface area contributed by atoms with E-state index in [-0.39, 0.29) is 62.2 Å². The van der Waals surface area contributed by atoms with Gasteiger partial charge in [-0.2, -0.15) is 0 Å². The zero-order chi connectivity index (χ0) is 11.6. The minimum atomic E-state index is -0.209. The molecule has 1 radical (unpaired) electrons. The predicted molar refractivity (Wildman–Crippen MR) is 58.3 cm³/mol. The van der Waals surface area contributed by atoms with Crippen molar-refractivity contribution in [3.05, 3.63) is 0 Å². The van der Waals surface area contributed by atoms with E-state index in [9.17, 15) is 10.0 Å². The fourth-order valence-corrected chi connectivity index (χ4v) is 1.94. The molecule has 2 N–H and O–H groups in total. The number of hydroxylamine groups is 2. The van der Waals surface area contributed by atoms with Gasteiger partial charge < -0.3 is 0 Å². The van der Waals surface area contributed by atoms with Crippen molar-refractivity contribution in [1.82, 2.24) is 10.4 Å². The van der Waals surface area contributed by atoms with Crippen LogP contribution in [0.5, 0.6) is 0 Å². The van der Waals surface area contributed by atoms with E-state index in [2.05, 4.69) is 33.0 Å². The normalized spacial score (nSPS) is 25.4. The third-order valence-electron chi connectivity index (χ3n) is 2.61. The number of rotatable bonds is 4. The molecule has 91 valence electrons. The largest absolute Gasteiger partial charge is 0.284 e. The molecule has 0 unspecified atom stereocenters. The zero-order valence-electron chi connectivity index (χ0n) is 10.6. The smallest absolute Gasteiger partial charge is 0.264 e. The van der Waals surface area contributed by atoms with E-state index >= 15 is 0 Å². The Kier molecular flexibility index (Phi) is 7.69. The summed E-state index contributed by atoms with van der Waals surface area (Å²) >= 11 is 0. The van der Waals surface area contributed by atoms with E-state index in [0.29, 0.717) is 11.8 Å². The molecular weight excluding hydrogens is 419 g/mol. The summed E-state index contributed by atoms with van der Waals surface area (Å²) in [6, 6.07) is -0.209. The Hall–Kier alpha value is 0.832. The van der Waals surface area contributed by atoms with Crippen molar-refractivity contribution in [2.45, 2.75) is 52.7 Å². The van der Waals surface area contributed by atoms with Crippen LogP contribution in [-0.2, 0) is 4.79 Å². The van der Waals surface area contributed by atoms with Gasteiger partial charge in [-0.05, 0) is 24.7 Å². The Balaban J connectivity index is 0.00000225. The van der Waals surface area contributed by atoms with E-state index in [1.54, 1.807) is 0 Å². The summed E-state index contributed by atoms with van der Waals surface area (Å²) in [6.45, 7) is 8.31. The van der Waals surface area contributed by atoms with Gasteiger partial charge in [0.2, 0.25) is 0 Å². The molecule has 0 aromatic carbocycles. The number of hydrogen-bond donors (Lipinski definition) is 2. The fourth-order valence-electron chi connectivity index (χ4n) is 1.94. The van der Waals surface area contributed by atoms with Crippen LogP contribution in [0.2, 0.25) is 0 Å². The summed E-state index contributed by atoms with van der Waals surface area (Å²) in [6.07, 6.45) is 1.36. The first-order valence-electron chi connectivity index (χ1n) is 5.69. The van der Waals surface area contributed by atoms with Gasteiger partial charge in [0.25, 0.3) is 5.91 Å². The molecule has 1 amide bonds. The number of carbonyl (C=O) groups excluding carboxylic acids is 1. The summed E-state index contributed by atoms with van der Waals surface area (Å²) in [7, 11) is 0. The first-order chi connectivity index (χ1) is 6.91. The first kappa shape index (κ1) is 16.8. The molecule has 1 aliphatic heterocycles. The molecule has 1 saturated heterocycles. The summed E-state index contributed by atoms with van der Waals surface area (Å²) in [5.41, 5.74) is 0. The van der Waals surface area contributed by atoms with Crippen LogP contribution in [0, 0.1) is 55.9 Å². The van der Waals surface area contributed by atoms with Gasteiger partial charge in [0.1, 0.15) is 6.17 Å². The average Bonchev–Trinajstić information content (AvgIpc) is 2.32. The van der Waals surface area contributed by atoms with Gasteiger partial charge in [0.05, 0.1) is 6.04 Å². The van der Waals surface area contributed by atoms with Crippen molar-refractivity contribution in [1.29, 1.82) is 0 Å². The van der Waals surface area contributed by atoms with E-state index in [0.717, 1.165) is 17.9 Å². The summed E-state index contributed by atoms with van der Waals surface area (Å²) < 4.78 is 0. The minimum Gasteiger partial charge on any atom is -0.284 e. The van der Waals surface area contributed by atoms with Crippen LogP contribution in [0.3, 0.4) is 0 Å². The van der Waals surface area contributed by atoms with Crippen LogP contribution in [-0.4, -0.2) is 28.4 Å². The molecule has 4 nitrogen and oxygen atoms in total. The topological polar surface area (TPSA) is 52.6 Å². The minimum absolute atomic E-state index is 0. The predicted octanol–water partition coefficient (Wildman–Crippen LogP) is 1.59. The van der Waals surface area contributed by atoms with Crippen molar-refractivity contribution in [2.24, 2.45) is 11.8 Å². The van der Waals surface area contributed by atoms with Crippen molar-refractivity contribution in [3.8, 4) is 0 Å². The van der Waals surface area contributed by atoms with Crippen LogP contribution in [0.4, 0.5) is 0 Å². The van der Waals surface area contributed by atoms with Gasteiger partial charge in [-0.1, -0.05) is 27.7 Å². The number of amides is 1. The van der Waals surface area contributed by atoms with E-state index in [1.807, 2.05) is 0 Å². The van der Waals surface area contributed by atoms with Gasteiger partial charge in [0, 0.05) is 44.1 Å². The maximum absolute atomic E-state index is 11.6. The Labute approximate surface area is 134 Å². The van der Waals surface area contributed by atoms with Crippen molar-refractivity contribution in [2.75, 3.05) is 0 Å². The summed E-state index contributed by atoms with van der Waals surface area (Å²) in [5, 5.41) is 13.7. The Morgan fingerprint density at radius 3 is 2.19 bits per heavy atom. The molecule has 5 heteroatoms. The number of carbonyl (C=O) groups is 1. The molecule has 1 heterocycles. The van der Waals surface area contributed by atoms with Crippen LogP contribution in [0.15, 0.2) is 0 Å². The zero-order valence-corrected chi connectivity index (χ0v) is 15.3. The molecule has 0 aromatic heterocycles. The standard InChI is InChI=1S/C11H22N2O2.Ac/c1-7(2)5-9-11(14)13(15)10(12-9)6-8(3)4;/h7-10,12,15H,5-6H2,1-4H3;/t9-,10+;/m0./s1. The van der Waals surface area contributed by atoms with Crippen LogP contribution in [0.25, 0.3) is 0 Å². The van der Waals surface area contributed by atoms with Crippen LogP contribution in [0.1, 0.15) is 40.5 Å². The van der Waals surface area contributed by atoms with E-state index in [4.69, 9.17) is 0 Å². The molecule has 1 fully saturated rings. The molecule has 0 bridgehead atoms. The molecular formula is C11H22AcN2O2. The molecule has 0 spiro atoms. The van der Waals surface area contributed by atoms with Crippen molar-refractivity contribution >= 4 is 5.91 Å². The molecule has 0 aliphatic carbocycles. The third kappa shape index (κ3) is 4.60. The molecule has 16 heavy (non-hydrogen) atoms. The average molecular weight is 441 g/mol. The third-order valence-corrected chi connectivity index (χ3v) is 2.61. The Bertz CT molecular complexity index is 234. The Morgan fingerprint density at radius 1 is 1.25 bits per heavy atom. The van der Waals surface area contributed by atoms with Gasteiger partial charge >= 0.3 is 0 Å². The van der Waals surface area contributed by atoms with Gasteiger partial charge in [-0.3, -0.25) is 15.3 Å². The van der Waals surface area contributed by atoms with Crippen molar-refractivity contribution in [3.63, 3.8) is 0 Å².